The van der Waals surface area contributed by atoms with E-state index in [1.807, 2.05) is 24.3 Å². The van der Waals surface area contributed by atoms with Crippen molar-refractivity contribution in [2.24, 2.45) is 0 Å². The summed E-state index contributed by atoms with van der Waals surface area (Å²) in [4.78, 5) is 2.52. The molecule has 0 bridgehead atoms. The summed E-state index contributed by atoms with van der Waals surface area (Å²) in [5, 5.41) is 4.22. The van der Waals surface area contributed by atoms with Gasteiger partial charge in [0.05, 0.1) is 10.7 Å². The highest BCUT2D eigenvalue weighted by Crippen LogP contribution is 2.21. The molecule has 0 fully saturated rings. The smallest absolute Gasteiger partial charge is 0.0637 e. The summed E-state index contributed by atoms with van der Waals surface area (Å²) in [7, 11) is 0. The Balaban J connectivity index is 1.55. The van der Waals surface area contributed by atoms with E-state index in [1.165, 1.54) is 30.5 Å². The lowest BCUT2D eigenvalue weighted by molar-refractivity contribution is 0.280. The van der Waals surface area contributed by atoms with Crippen molar-refractivity contribution in [2.45, 2.75) is 19.4 Å². The minimum atomic E-state index is 0.790. The van der Waals surface area contributed by atoms with E-state index < -0.39 is 0 Å². The number of hydrogen-bond donors (Lipinski definition) is 1. The van der Waals surface area contributed by atoms with Crippen LogP contribution in [-0.2, 0) is 13.0 Å². The molecule has 0 radical (unpaired) electrons. The molecule has 2 nitrogen and oxygen atoms in total. The molecule has 1 aliphatic rings. The zero-order valence-electron chi connectivity index (χ0n) is 12.2. The fraction of sp³-hybridized carbons (Fsp3) is 0.333. The van der Waals surface area contributed by atoms with Crippen LogP contribution in [0.25, 0.3) is 0 Å². The summed E-state index contributed by atoms with van der Waals surface area (Å²) in [5.74, 6) is 0. The first-order valence-electron chi connectivity index (χ1n) is 7.60. The fourth-order valence-electron chi connectivity index (χ4n) is 2.91. The molecule has 1 N–H and O–H groups in total. The van der Waals surface area contributed by atoms with Gasteiger partial charge in [0.1, 0.15) is 0 Å². The van der Waals surface area contributed by atoms with Gasteiger partial charge in [-0.25, -0.2) is 0 Å². The lowest BCUT2D eigenvalue weighted by Gasteiger charge is -2.21. The predicted octanol–water partition coefficient (Wildman–Crippen LogP) is 4.20. The maximum atomic E-state index is 6.16. The number of para-hydroxylation sites is 1. The number of benzene rings is 2. The number of fused-ring (bicyclic) bond motifs is 1. The van der Waals surface area contributed by atoms with Crippen LogP contribution in [0.15, 0.2) is 48.5 Å². The SMILES string of the molecule is Clc1ccccc1NCCN1CCCc2ccccc2C1. The Hall–Kier alpha value is -1.51. The Kier molecular flexibility index (Phi) is 4.79. The largest absolute Gasteiger partial charge is 0.383 e. The highest BCUT2D eigenvalue weighted by atomic mass is 35.5. The van der Waals surface area contributed by atoms with Crippen LogP contribution in [0.5, 0.6) is 0 Å². The van der Waals surface area contributed by atoms with Gasteiger partial charge < -0.3 is 5.32 Å². The predicted molar refractivity (Wildman–Crippen MR) is 90.0 cm³/mol. The Bertz CT molecular complexity index is 597. The maximum absolute atomic E-state index is 6.16. The van der Waals surface area contributed by atoms with E-state index in [4.69, 9.17) is 11.6 Å². The van der Waals surface area contributed by atoms with Crippen molar-refractivity contribution in [1.82, 2.24) is 4.90 Å². The van der Waals surface area contributed by atoms with Gasteiger partial charge in [-0.05, 0) is 42.6 Å². The number of hydrogen-bond acceptors (Lipinski definition) is 2. The molecule has 1 aliphatic heterocycles. The summed E-state index contributed by atoms with van der Waals surface area (Å²) in [6.45, 7) is 4.19. The van der Waals surface area contributed by atoms with Crippen LogP contribution in [0.3, 0.4) is 0 Å². The van der Waals surface area contributed by atoms with Crippen molar-refractivity contribution in [3.05, 3.63) is 64.7 Å². The fourth-order valence-corrected chi connectivity index (χ4v) is 3.12. The standard InChI is InChI=1S/C18H21ClN2/c19-17-9-3-4-10-18(17)20-11-13-21-12-5-8-15-6-1-2-7-16(15)14-21/h1-4,6-7,9-10,20H,5,8,11-14H2. The minimum absolute atomic E-state index is 0.790. The Morgan fingerprint density at radius 3 is 2.62 bits per heavy atom. The number of rotatable bonds is 4. The first-order chi connectivity index (χ1) is 10.3. The molecule has 0 amide bonds. The van der Waals surface area contributed by atoms with E-state index in [2.05, 4.69) is 34.5 Å². The highest BCUT2D eigenvalue weighted by Gasteiger charge is 2.13. The third-order valence-electron chi connectivity index (χ3n) is 4.05. The molecule has 0 unspecified atom stereocenters. The summed E-state index contributed by atoms with van der Waals surface area (Å²) in [6.07, 6.45) is 2.44. The van der Waals surface area contributed by atoms with Crippen LogP contribution in [0.2, 0.25) is 5.02 Å². The van der Waals surface area contributed by atoms with Crippen LogP contribution in [0, 0.1) is 0 Å². The molecule has 0 atom stereocenters. The van der Waals surface area contributed by atoms with Crippen LogP contribution in [-0.4, -0.2) is 24.5 Å². The first-order valence-corrected chi connectivity index (χ1v) is 7.98. The third-order valence-corrected chi connectivity index (χ3v) is 4.38. The van der Waals surface area contributed by atoms with Crippen molar-refractivity contribution >= 4 is 17.3 Å². The van der Waals surface area contributed by atoms with Gasteiger partial charge >= 0.3 is 0 Å². The van der Waals surface area contributed by atoms with Gasteiger partial charge in [-0.1, -0.05) is 48.0 Å². The molecule has 1 heterocycles. The van der Waals surface area contributed by atoms with E-state index in [0.717, 1.165) is 30.3 Å². The van der Waals surface area contributed by atoms with E-state index in [0.29, 0.717) is 0 Å². The molecular weight excluding hydrogens is 280 g/mol. The second kappa shape index (κ2) is 6.97. The van der Waals surface area contributed by atoms with E-state index in [1.54, 1.807) is 0 Å². The molecule has 2 aromatic carbocycles. The Morgan fingerprint density at radius 2 is 1.76 bits per heavy atom. The second-order valence-corrected chi connectivity index (χ2v) is 5.96. The molecule has 110 valence electrons. The molecule has 0 aliphatic carbocycles. The lowest BCUT2D eigenvalue weighted by Crippen LogP contribution is -2.29. The number of anilines is 1. The lowest BCUT2D eigenvalue weighted by atomic mass is 10.0. The minimum Gasteiger partial charge on any atom is -0.383 e. The van der Waals surface area contributed by atoms with Crippen molar-refractivity contribution in [3.63, 3.8) is 0 Å². The molecule has 3 rings (SSSR count). The van der Waals surface area contributed by atoms with Gasteiger partial charge in [0, 0.05) is 19.6 Å². The Morgan fingerprint density at radius 1 is 1.00 bits per heavy atom. The van der Waals surface area contributed by atoms with Crippen molar-refractivity contribution < 1.29 is 0 Å². The summed E-state index contributed by atoms with van der Waals surface area (Å²) in [6, 6.07) is 16.7. The second-order valence-electron chi connectivity index (χ2n) is 5.56. The first kappa shape index (κ1) is 14.4. The Labute approximate surface area is 131 Å². The van der Waals surface area contributed by atoms with E-state index in [-0.39, 0.29) is 0 Å². The van der Waals surface area contributed by atoms with Crippen LogP contribution < -0.4 is 5.32 Å². The van der Waals surface area contributed by atoms with Crippen molar-refractivity contribution in [3.8, 4) is 0 Å². The van der Waals surface area contributed by atoms with E-state index in [9.17, 15) is 0 Å². The van der Waals surface area contributed by atoms with Crippen molar-refractivity contribution in [2.75, 3.05) is 25.0 Å². The average Bonchev–Trinajstić information content (AvgIpc) is 2.71. The molecular formula is C18H21ClN2. The summed E-state index contributed by atoms with van der Waals surface area (Å²) in [5.41, 5.74) is 4.01. The van der Waals surface area contributed by atoms with Crippen LogP contribution >= 0.6 is 11.6 Å². The molecule has 0 saturated carbocycles. The average molecular weight is 301 g/mol. The van der Waals surface area contributed by atoms with E-state index >= 15 is 0 Å². The van der Waals surface area contributed by atoms with Crippen molar-refractivity contribution in [1.29, 1.82) is 0 Å². The van der Waals surface area contributed by atoms with Gasteiger partial charge in [-0.15, -0.1) is 0 Å². The number of nitrogens with one attached hydrogen (secondary N) is 1. The summed E-state index contributed by atoms with van der Waals surface area (Å²) < 4.78 is 0. The zero-order chi connectivity index (χ0) is 14.5. The van der Waals surface area contributed by atoms with Crippen LogP contribution in [0.1, 0.15) is 17.5 Å². The van der Waals surface area contributed by atoms with Gasteiger partial charge in [0.2, 0.25) is 0 Å². The maximum Gasteiger partial charge on any atom is 0.0637 e. The normalized spacial score (nSPS) is 15.3. The van der Waals surface area contributed by atoms with Gasteiger partial charge in [0.25, 0.3) is 0 Å². The molecule has 0 aromatic heterocycles. The quantitative estimate of drug-likeness (QED) is 0.910. The molecule has 3 heteroatoms. The summed E-state index contributed by atoms with van der Waals surface area (Å²) >= 11 is 6.16. The molecule has 0 saturated heterocycles. The van der Waals surface area contributed by atoms with Gasteiger partial charge in [-0.2, -0.15) is 0 Å². The number of halogens is 1. The molecule has 0 spiro atoms. The number of aryl methyl sites for hydroxylation is 1. The topological polar surface area (TPSA) is 15.3 Å². The van der Waals surface area contributed by atoms with Crippen LogP contribution in [0.4, 0.5) is 5.69 Å². The number of nitrogens with zero attached hydrogens (tertiary/aromatic N) is 1. The monoisotopic (exact) mass is 300 g/mol. The molecule has 2 aromatic rings. The van der Waals surface area contributed by atoms with Gasteiger partial charge in [-0.3, -0.25) is 4.90 Å². The molecule has 21 heavy (non-hydrogen) atoms. The van der Waals surface area contributed by atoms with Gasteiger partial charge in [0.15, 0.2) is 0 Å². The third kappa shape index (κ3) is 3.78. The zero-order valence-corrected chi connectivity index (χ0v) is 12.9. The highest BCUT2D eigenvalue weighted by molar-refractivity contribution is 6.33.